The zero-order valence-electron chi connectivity index (χ0n) is 14.7. The van der Waals surface area contributed by atoms with Gasteiger partial charge in [0.25, 0.3) is 0 Å². The summed E-state index contributed by atoms with van der Waals surface area (Å²) in [6.07, 6.45) is 2.12. The van der Waals surface area contributed by atoms with E-state index in [-0.39, 0.29) is 18.2 Å². The quantitative estimate of drug-likeness (QED) is 0.715. The second kappa shape index (κ2) is 7.74. The van der Waals surface area contributed by atoms with Crippen molar-refractivity contribution >= 4 is 28.5 Å². The van der Waals surface area contributed by atoms with Gasteiger partial charge in [-0.05, 0) is 29.8 Å². The Balaban J connectivity index is 1.64. The molecule has 3 aromatic rings. The molecule has 0 aliphatic heterocycles. The Bertz CT molecular complexity index is 929. The first kappa shape index (κ1) is 17.5. The highest BCUT2D eigenvalue weighted by molar-refractivity contribution is 5.95. The minimum absolute atomic E-state index is 0.0507. The van der Waals surface area contributed by atoms with Gasteiger partial charge in [0.05, 0.1) is 26.2 Å². The van der Waals surface area contributed by atoms with Gasteiger partial charge in [0.2, 0.25) is 11.8 Å². The number of rotatable bonds is 6. The summed E-state index contributed by atoms with van der Waals surface area (Å²) in [5, 5.41) is 6.33. The summed E-state index contributed by atoms with van der Waals surface area (Å²) >= 11 is 0. The maximum Gasteiger partial charge on any atom is 0.228 e. The zero-order chi connectivity index (χ0) is 18.5. The van der Waals surface area contributed by atoms with Gasteiger partial charge in [0.1, 0.15) is 11.3 Å². The minimum atomic E-state index is -0.137. The molecule has 0 aliphatic rings. The molecule has 0 fully saturated rings. The molecule has 0 atom stereocenters. The van der Waals surface area contributed by atoms with Crippen LogP contribution in [0.15, 0.2) is 53.1 Å². The molecular weight excluding hydrogens is 332 g/mol. The first-order valence-electron chi connectivity index (χ1n) is 8.22. The van der Waals surface area contributed by atoms with Gasteiger partial charge in [-0.25, -0.2) is 0 Å². The lowest BCUT2D eigenvalue weighted by Gasteiger charge is -2.06. The monoisotopic (exact) mass is 352 g/mol. The van der Waals surface area contributed by atoms with E-state index in [0.717, 1.165) is 16.5 Å². The summed E-state index contributed by atoms with van der Waals surface area (Å²) in [6.45, 7) is 0. The summed E-state index contributed by atoms with van der Waals surface area (Å²) in [5.41, 5.74) is 3.07. The summed E-state index contributed by atoms with van der Waals surface area (Å²) < 4.78 is 10.7. The number of fused-ring (bicyclic) bond motifs is 1. The smallest absolute Gasteiger partial charge is 0.228 e. The fourth-order valence-corrected chi connectivity index (χ4v) is 2.69. The van der Waals surface area contributed by atoms with E-state index in [9.17, 15) is 9.59 Å². The predicted molar refractivity (Wildman–Crippen MR) is 99.3 cm³/mol. The lowest BCUT2D eigenvalue weighted by Crippen LogP contribution is -2.20. The number of hydrogen-bond acceptors (Lipinski definition) is 4. The van der Waals surface area contributed by atoms with Crippen molar-refractivity contribution in [3.63, 3.8) is 0 Å². The van der Waals surface area contributed by atoms with E-state index in [0.29, 0.717) is 23.4 Å². The molecule has 2 N–H and O–H groups in total. The third-order valence-corrected chi connectivity index (χ3v) is 4.10. The highest BCUT2D eigenvalue weighted by Gasteiger charge is 2.11. The van der Waals surface area contributed by atoms with Crippen LogP contribution in [0.1, 0.15) is 11.1 Å². The Morgan fingerprint density at radius 3 is 2.50 bits per heavy atom. The summed E-state index contributed by atoms with van der Waals surface area (Å²) in [7, 11) is 3.20. The molecule has 0 radical (unpaired) electrons. The molecule has 0 saturated heterocycles. The maximum atomic E-state index is 12.3. The van der Waals surface area contributed by atoms with Crippen LogP contribution in [0.4, 0.5) is 5.69 Å². The normalized spacial score (nSPS) is 10.5. The number of furan rings is 1. The van der Waals surface area contributed by atoms with E-state index in [1.165, 1.54) is 0 Å². The number of amides is 2. The van der Waals surface area contributed by atoms with E-state index < -0.39 is 0 Å². The molecule has 0 saturated carbocycles. The van der Waals surface area contributed by atoms with Crippen molar-refractivity contribution < 1.29 is 18.7 Å². The Kier molecular flexibility index (Phi) is 5.22. The van der Waals surface area contributed by atoms with E-state index in [1.807, 2.05) is 24.3 Å². The topological polar surface area (TPSA) is 80.6 Å². The SMILES string of the molecule is CNC(=O)Cc1ccc(NC(=O)Cc2coc3cc(OC)ccc23)cc1. The Labute approximate surface area is 151 Å². The number of benzene rings is 2. The van der Waals surface area contributed by atoms with Crippen molar-refractivity contribution in [3.8, 4) is 5.75 Å². The largest absolute Gasteiger partial charge is 0.497 e. The molecule has 2 amide bonds. The molecule has 6 nitrogen and oxygen atoms in total. The van der Waals surface area contributed by atoms with Crippen LogP contribution in [0.3, 0.4) is 0 Å². The van der Waals surface area contributed by atoms with Gasteiger partial charge >= 0.3 is 0 Å². The molecule has 0 unspecified atom stereocenters. The Morgan fingerprint density at radius 2 is 1.81 bits per heavy atom. The molecule has 134 valence electrons. The number of anilines is 1. The van der Waals surface area contributed by atoms with Gasteiger partial charge < -0.3 is 19.8 Å². The summed E-state index contributed by atoms with van der Waals surface area (Å²) in [6, 6.07) is 12.7. The van der Waals surface area contributed by atoms with Gasteiger partial charge in [-0.2, -0.15) is 0 Å². The number of methoxy groups -OCH3 is 1. The van der Waals surface area contributed by atoms with Gasteiger partial charge in [0, 0.05) is 29.8 Å². The van der Waals surface area contributed by atoms with Crippen LogP contribution in [0, 0.1) is 0 Å². The van der Waals surface area contributed by atoms with Gasteiger partial charge in [-0.3, -0.25) is 9.59 Å². The maximum absolute atomic E-state index is 12.3. The van der Waals surface area contributed by atoms with Crippen molar-refractivity contribution in [2.24, 2.45) is 0 Å². The van der Waals surface area contributed by atoms with Gasteiger partial charge in [-0.15, -0.1) is 0 Å². The molecular formula is C20H20N2O4. The van der Waals surface area contributed by atoms with Crippen LogP contribution in [0.5, 0.6) is 5.75 Å². The van der Waals surface area contributed by atoms with E-state index in [2.05, 4.69) is 10.6 Å². The van der Waals surface area contributed by atoms with Crippen LogP contribution in [0.25, 0.3) is 11.0 Å². The lowest BCUT2D eigenvalue weighted by molar-refractivity contribution is -0.120. The van der Waals surface area contributed by atoms with Gasteiger partial charge in [0.15, 0.2) is 0 Å². The van der Waals surface area contributed by atoms with Crippen molar-refractivity contribution in [2.45, 2.75) is 12.8 Å². The van der Waals surface area contributed by atoms with Gasteiger partial charge in [-0.1, -0.05) is 12.1 Å². The van der Waals surface area contributed by atoms with Crippen LogP contribution in [-0.4, -0.2) is 26.0 Å². The van der Waals surface area contributed by atoms with E-state index in [4.69, 9.17) is 9.15 Å². The first-order valence-corrected chi connectivity index (χ1v) is 8.22. The molecule has 26 heavy (non-hydrogen) atoms. The molecule has 0 spiro atoms. The molecule has 1 heterocycles. The van der Waals surface area contributed by atoms with Crippen LogP contribution in [0.2, 0.25) is 0 Å². The molecule has 0 aliphatic carbocycles. The lowest BCUT2D eigenvalue weighted by atomic mass is 10.1. The van der Waals surface area contributed by atoms with Crippen molar-refractivity contribution in [1.29, 1.82) is 0 Å². The summed E-state index contributed by atoms with van der Waals surface area (Å²) in [4.78, 5) is 23.7. The predicted octanol–water partition coefficient (Wildman–Crippen LogP) is 2.91. The van der Waals surface area contributed by atoms with Crippen LogP contribution >= 0.6 is 0 Å². The van der Waals surface area contributed by atoms with Crippen molar-refractivity contribution in [1.82, 2.24) is 5.32 Å². The zero-order valence-corrected chi connectivity index (χ0v) is 14.7. The average molecular weight is 352 g/mol. The molecule has 6 heteroatoms. The summed E-state index contributed by atoms with van der Waals surface area (Å²) in [5.74, 6) is 0.521. The molecule has 3 rings (SSSR count). The third-order valence-electron chi connectivity index (χ3n) is 4.10. The fraction of sp³-hybridized carbons (Fsp3) is 0.200. The molecule has 2 aromatic carbocycles. The third kappa shape index (κ3) is 4.03. The standard InChI is InChI=1S/C20H20N2O4/c1-21-19(23)9-13-3-5-15(6-4-13)22-20(24)10-14-12-26-18-11-16(25-2)7-8-17(14)18/h3-8,11-12H,9-10H2,1-2H3,(H,21,23)(H,22,24). The number of ether oxygens (including phenoxy) is 1. The van der Waals surface area contributed by atoms with Crippen LogP contribution < -0.4 is 15.4 Å². The highest BCUT2D eigenvalue weighted by Crippen LogP contribution is 2.26. The number of likely N-dealkylation sites (N-methyl/N-ethyl adjacent to an activating group) is 1. The molecule has 1 aromatic heterocycles. The average Bonchev–Trinajstić information content (AvgIpc) is 3.05. The number of nitrogens with one attached hydrogen (secondary N) is 2. The number of hydrogen-bond donors (Lipinski definition) is 2. The van der Waals surface area contributed by atoms with E-state index in [1.54, 1.807) is 38.6 Å². The second-order valence-electron chi connectivity index (χ2n) is 5.89. The highest BCUT2D eigenvalue weighted by atomic mass is 16.5. The number of carbonyl (C=O) groups excluding carboxylic acids is 2. The van der Waals surface area contributed by atoms with Crippen molar-refractivity contribution in [3.05, 3.63) is 59.9 Å². The van der Waals surface area contributed by atoms with Crippen molar-refractivity contribution in [2.75, 3.05) is 19.5 Å². The van der Waals surface area contributed by atoms with E-state index >= 15 is 0 Å². The number of carbonyl (C=O) groups is 2. The molecule has 0 bridgehead atoms. The second-order valence-corrected chi connectivity index (χ2v) is 5.89. The Morgan fingerprint density at radius 1 is 1.04 bits per heavy atom. The van der Waals surface area contributed by atoms with Crippen LogP contribution in [-0.2, 0) is 22.4 Å². The Hall–Kier alpha value is -3.28. The first-order chi connectivity index (χ1) is 12.6. The minimum Gasteiger partial charge on any atom is -0.497 e. The fourth-order valence-electron chi connectivity index (χ4n) is 2.69.